The molecular formula is C45H96N6O10P+3. The number of nitrogens with one attached hydrogen (secondary N) is 3. The summed E-state index contributed by atoms with van der Waals surface area (Å²) in [5.74, 6) is 0.162. The number of carbonyl (C=O) groups is 3. The summed E-state index contributed by atoms with van der Waals surface area (Å²) in [5, 5.41) is 41.9. The minimum atomic E-state index is -4.37. The van der Waals surface area contributed by atoms with Gasteiger partial charge >= 0.3 is 8.17 Å². The average molecular weight is 912 g/mol. The van der Waals surface area contributed by atoms with Crippen LogP contribution in [0.1, 0.15) is 136 Å². The monoisotopic (exact) mass is 912 g/mol. The summed E-state index contributed by atoms with van der Waals surface area (Å²) in [6, 6.07) is 0. The Morgan fingerprint density at radius 1 is 0.468 bits per heavy atom. The van der Waals surface area contributed by atoms with E-state index in [0.717, 1.165) is 77.0 Å². The van der Waals surface area contributed by atoms with Crippen LogP contribution in [0.15, 0.2) is 0 Å². The van der Waals surface area contributed by atoms with Gasteiger partial charge in [0.15, 0.2) is 0 Å². The Morgan fingerprint density at radius 3 is 0.968 bits per heavy atom. The highest BCUT2D eigenvalue weighted by Crippen LogP contribution is 2.54. The summed E-state index contributed by atoms with van der Waals surface area (Å²) >= 11 is 0. The van der Waals surface area contributed by atoms with E-state index in [2.05, 4.69) is 36.7 Å². The van der Waals surface area contributed by atoms with Crippen LogP contribution < -0.4 is 20.8 Å². The number of aliphatic hydroxyl groups excluding tert-OH is 3. The molecule has 0 heterocycles. The molecule has 368 valence electrons. The van der Waals surface area contributed by atoms with Crippen molar-refractivity contribution in [2.24, 2.45) is 0 Å². The molecule has 0 aromatic carbocycles. The summed E-state index contributed by atoms with van der Waals surface area (Å²) in [7, 11) is 7.38. The number of rotatable bonds is 42. The molecule has 0 aliphatic heterocycles. The number of quaternary nitrogens is 3. The van der Waals surface area contributed by atoms with Gasteiger partial charge in [0.25, 0.3) is 0 Å². The van der Waals surface area contributed by atoms with Crippen LogP contribution in [0.4, 0.5) is 0 Å². The summed E-state index contributed by atoms with van der Waals surface area (Å²) in [5.41, 5.74) is 0. The largest absolute Gasteiger partial charge is 0.606 e. The van der Waals surface area contributed by atoms with E-state index >= 15 is 0 Å². The molecule has 3 atom stereocenters. The molecule has 0 bridgehead atoms. The fourth-order valence-corrected chi connectivity index (χ4v) is 8.68. The Kier molecular flexibility index (Phi) is 33.9. The molecule has 62 heavy (non-hydrogen) atoms. The molecule has 0 rings (SSSR count). The topological polar surface area (TPSA) is 199 Å². The number of hydrogen-bond donors (Lipinski definition) is 6. The Labute approximate surface area is 378 Å². The number of unbranched alkanes of at least 4 members (excludes halogenated alkanes) is 9. The quantitative estimate of drug-likeness (QED) is 0.0298. The fourth-order valence-electron chi connectivity index (χ4n) is 7.39. The zero-order valence-corrected chi connectivity index (χ0v) is 41.8. The van der Waals surface area contributed by atoms with Gasteiger partial charge in [0.05, 0.1) is 61.9 Å². The Balaban J connectivity index is 5.27. The first-order valence-corrected chi connectivity index (χ1v) is 25.5. The number of carbonyl (C=O) groups excluding carboxylic acids is 3. The first-order valence-electron chi connectivity index (χ1n) is 24.0. The van der Waals surface area contributed by atoms with Crippen molar-refractivity contribution in [3.63, 3.8) is 0 Å². The third kappa shape index (κ3) is 35.7. The maximum absolute atomic E-state index is 14.0. The van der Waals surface area contributed by atoms with Crippen molar-refractivity contribution in [1.29, 1.82) is 0 Å². The van der Waals surface area contributed by atoms with Gasteiger partial charge in [0.1, 0.15) is 57.8 Å². The van der Waals surface area contributed by atoms with Gasteiger partial charge in [-0.25, -0.2) is 0 Å². The van der Waals surface area contributed by atoms with Gasteiger partial charge in [-0.05, 0) is 19.3 Å². The highest BCUT2D eigenvalue weighted by atomic mass is 31.2. The highest BCUT2D eigenvalue weighted by molar-refractivity contribution is 7.53. The molecule has 0 aromatic heterocycles. The number of aliphatic hydroxyl groups is 3. The van der Waals surface area contributed by atoms with Crippen LogP contribution in [-0.2, 0) is 28.0 Å². The number of hydrogen-bond acceptors (Lipinski definition) is 10. The van der Waals surface area contributed by atoms with Crippen LogP contribution >= 0.6 is 8.17 Å². The summed E-state index contributed by atoms with van der Waals surface area (Å²) in [4.78, 5) is 50.5. The van der Waals surface area contributed by atoms with Gasteiger partial charge < -0.3 is 49.6 Å². The van der Waals surface area contributed by atoms with Crippen LogP contribution in [0, 0.1) is 0 Å². The molecule has 0 saturated heterocycles. The van der Waals surface area contributed by atoms with Crippen molar-refractivity contribution < 1.29 is 61.6 Å². The molecule has 6 N–H and O–H groups in total. The average Bonchev–Trinajstić information content (AvgIpc) is 3.19. The maximum atomic E-state index is 14.0. The van der Waals surface area contributed by atoms with Crippen molar-refractivity contribution in [1.82, 2.24) is 16.0 Å². The lowest BCUT2D eigenvalue weighted by atomic mass is 10.1. The lowest BCUT2D eigenvalue weighted by Gasteiger charge is -2.34. The van der Waals surface area contributed by atoms with Crippen LogP contribution in [0.25, 0.3) is 0 Å². The van der Waals surface area contributed by atoms with Gasteiger partial charge in [-0.15, -0.1) is 0 Å². The Hall–Kier alpha value is -1.56. The van der Waals surface area contributed by atoms with Crippen LogP contribution in [0.2, 0.25) is 0 Å². The summed E-state index contributed by atoms with van der Waals surface area (Å²) in [6.45, 7) is 9.79. The smallest absolute Gasteiger partial charge is 0.379 e. The molecule has 0 saturated carbocycles. The SMILES string of the molecule is CCCCCCC(=O)NCCC[N+](C)(C)CC(O)CO[P+]([O-])(OCC(O)C[N+](C)(C)CCCNC(=O)CCCCCC)OCC(O)C[N+](C)(C)CCCNC(=O)CCCCCC. The van der Waals surface area contributed by atoms with Gasteiger partial charge in [0.2, 0.25) is 17.7 Å². The van der Waals surface area contributed by atoms with E-state index in [1.807, 2.05) is 42.3 Å². The number of likely N-dealkylation sites (N-methyl/N-ethyl adjacent to an activating group) is 3. The van der Waals surface area contributed by atoms with Gasteiger partial charge in [0, 0.05) is 58.2 Å². The zero-order chi connectivity index (χ0) is 46.9. The molecule has 16 nitrogen and oxygen atoms in total. The third-order valence-electron chi connectivity index (χ3n) is 10.9. The van der Waals surface area contributed by atoms with Crippen molar-refractivity contribution >= 4 is 25.9 Å². The number of nitrogens with zero attached hydrogens (tertiary/aromatic N) is 3. The highest BCUT2D eigenvalue weighted by Gasteiger charge is 2.38. The molecule has 0 aliphatic rings. The predicted octanol–water partition coefficient (Wildman–Crippen LogP) is 3.82. The molecule has 0 fully saturated rings. The molecule has 0 aliphatic carbocycles. The zero-order valence-electron chi connectivity index (χ0n) is 40.9. The van der Waals surface area contributed by atoms with Gasteiger partial charge in [-0.3, -0.25) is 14.4 Å². The predicted molar refractivity (Wildman–Crippen MR) is 247 cm³/mol. The van der Waals surface area contributed by atoms with Gasteiger partial charge in [-0.2, -0.15) is 13.6 Å². The Morgan fingerprint density at radius 2 is 0.726 bits per heavy atom. The number of phosphoric acid groups is 1. The third-order valence-corrected chi connectivity index (χ3v) is 12.3. The molecule has 0 radical (unpaired) electrons. The first kappa shape index (κ1) is 60.4. The van der Waals surface area contributed by atoms with Crippen molar-refractivity contribution in [3.05, 3.63) is 0 Å². The molecular weight excluding hydrogens is 816 g/mol. The summed E-state index contributed by atoms with van der Waals surface area (Å²) < 4.78 is 18.3. The first-order chi connectivity index (χ1) is 29.2. The second-order valence-electron chi connectivity index (χ2n) is 19.4. The van der Waals surface area contributed by atoms with Crippen LogP contribution in [0.3, 0.4) is 0 Å². The molecule has 0 spiro atoms. The fraction of sp³-hybridized carbons (Fsp3) is 0.933. The van der Waals surface area contributed by atoms with E-state index in [-0.39, 0.29) is 57.2 Å². The second kappa shape index (κ2) is 34.7. The molecule has 3 amide bonds. The molecule has 3 unspecified atom stereocenters. The maximum Gasteiger partial charge on any atom is 0.379 e. The number of amides is 3. The lowest BCUT2D eigenvalue weighted by Crippen LogP contribution is -2.49. The van der Waals surface area contributed by atoms with E-state index in [9.17, 15) is 34.6 Å². The van der Waals surface area contributed by atoms with Gasteiger partial charge in [-0.1, -0.05) is 78.6 Å². The van der Waals surface area contributed by atoms with E-state index in [1.165, 1.54) is 0 Å². The standard InChI is InChI=1S/C45H93N6O10P/c1-10-13-16-19-25-43(55)46-28-22-31-49(4,5)34-40(52)37-59-62(58,60-38-41(53)35-50(6,7)32-23-29-47-44(56)26-20-17-14-11-2)61-39-42(54)36-51(8,9)33-24-30-48-45(57)27-21-18-15-12-3/h40-42,52-54H,10-39H2,1-9H3/p+3. The molecule has 0 aromatic rings. The van der Waals surface area contributed by atoms with E-state index < -0.39 is 26.5 Å². The summed E-state index contributed by atoms with van der Waals surface area (Å²) in [6.07, 6.45) is 13.2. The minimum Gasteiger partial charge on any atom is -0.606 e. The lowest BCUT2D eigenvalue weighted by molar-refractivity contribution is -0.893. The van der Waals surface area contributed by atoms with Crippen molar-refractivity contribution in [2.75, 3.05) is 121 Å². The number of phosphoric ester groups is 1. The van der Waals surface area contributed by atoms with E-state index in [1.54, 1.807) is 0 Å². The normalized spacial score (nSPS) is 14.9. The van der Waals surface area contributed by atoms with Crippen molar-refractivity contribution in [2.45, 2.75) is 155 Å². The second-order valence-corrected chi connectivity index (χ2v) is 21.0. The van der Waals surface area contributed by atoms with Crippen LogP contribution in [0.5, 0.6) is 0 Å². The van der Waals surface area contributed by atoms with E-state index in [0.29, 0.717) is 91.2 Å². The minimum absolute atomic E-state index is 0.0541. The Bertz CT molecular complexity index is 1030. The van der Waals surface area contributed by atoms with Crippen molar-refractivity contribution in [3.8, 4) is 0 Å². The van der Waals surface area contributed by atoms with Crippen LogP contribution in [-0.4, -0.2) is 186 Å². The molecule has 17 heteroatoms. The van der Waals surface area contributed by atoms with E-state index in [4.69, 9.17) is 13.6 Å².